The van der Waals surface area contributed by atoms with Crippen molar-refractivity contribution in [3.8, 4) is 6.07 Å². The summed E-state index contributed by atoms with van der Waals surface area (Å²) in [6.07, 6.45) is 2.13. The van der Waals surface area contributed by atoms with Crippen LogP contribution >= 0.6 is 0 Å². The van der Waals surface area contributed by atoms with E-state index in [1.54, 1.807) is 19.9 Å². The maximum atomic E-state index is 13.0. The minimum atomic E-state index is -1.43. The number of aliphatic hydroxyl groups excluding tert-OH is 1. The number of rotatable bonds is 18. The number of nitriles is 1. The van der Waals surface area contributed by atoms with Crippen LogP contribution in [0.3, 0.4) is 0 Å². The predicted octanol–water partition coefficient (Wildman–Crippen LogP) is 0.000480. The van der Waals surface area contributed by atoms with Gasteiger partial charge in [0, 0.05) is 19.0 Å². The van der Waals surface area contributed by atoms with Gasteiger partial charge in [-0.1, -0.05) is 47.1 Å². The summed E-state index contributed by atoms with van der Waals surface area (Å²) in [6, 6.07) is -0.351. The number of hydrogen-bond acceptors (Lipinski definition) is 8. The lowest BCUT2D eigenvalue weighted by atomic mass is 9.81. The zero-order chi connectivity index (χ0) is 30.1. The summed E-state index contributed by atoms with van der Waals surface area (Å²) in [4.78, 5) is 50.2. The maximum absolute atomic E-state index is 13.0. The van der Waals surface area contributed by atoms with Crippen molar-refractivity contribution in [1.29, 1.82) is 5.26 Å². The van der Waals surface area contributed by atoms with Gasteiger partial charge in [-0.15, -0.1) is 0 Å². The summed E-state index contributed by atoms with van der Waals surface area (Å²) in [5, 5.41) is 47.9. The van der Waals surface area contributed by atoms with Crippen LogP contribution in [-0.2, 0) is 19.2 Å². The fourth-order valence-electron chi connectivity index (χ4n) is 3.46. The van der Waals surface area contributed by atoms with Gasteiger partial charge in [0.1, 0.15) is 23.7 Å². The molecule has 13 heteroatoms. The van der Waals surface area contributed by atoms with Crippen molar-refractivity contribution >= 4 is 30.7 Å². The van der Waals surface area contributed by atoms with E-state index in [1.165, 1.54) is 6.92 Å². The smallest absolute Gasteiger partial charge is 0.427 e. The third-order valence-corrected chi connectivity index (χ3v) is 5.83. The highest BCUT2D eigenvalue weighted by Crippen LogP contribution is 2.08. The summed E-state index contributed by atoms with van der Waals surface area (Å²) in [5.74, 6) is -2.49. The lowest BCUT2D eigenvalue weighted by Gasteiger charge is -2.25. The number of unbranched alkanes of at least 4 members (excludes halogenated alkanes) is 1. The summed E-state index contributed by atoms with van der Waals surface area (Å²) in [7, 11) is -1.43. The normalized spacial score (nSPS) is 14.6. The minimum Gasteiger partial charge on any atom is -0.427 e. The molecule has 0 aromatic heterocycles. The van der Waals surface area contributed by atoms with E-state index in [1.807, 2.05) is 26.8 Å². The van der Waals surface area contributed by atoms with Gasteiger partial charge in [0.25, 0.3) is 5.91 Å². The Kier molecular flexibility index (Phi) is 17.7. The Labute approximate surface area is 232 Å². The van der Waals surface area contributed by atoms with Crippen molar-refractivity contribution in [2.45, 2.75) is 91.7 Å². The number of carbonyl (C=O) groups excluding carboxylic acids is 4. The second-order valence-electron chi connectivity index (χ2n) is 10.5. The van der Waals surface area contributed by atoms with Crippen molar-refractivity contribution in [2.75, 3.05) is 13.1 Å². The van der Waals surface area contributed by atoms with E-state index in [4.69, 9.17) is 15.3 Å². The molecule has 0 fully saturated rings. The molecular formula is C26H46BN5O7. The average Bonchev–Trinajstić information content (AvgIpc) is 2.85. The van der Waals surface area contributed by atoms with Gasteiger partial charge >= 0.3 is 7.12 Å². The SMILES string of the molecule is CC(C)C=C(C#N)C(=O)NCCCC[C@H](NC(=O)[C@@H](NC(=O)C(C)C)[C@@H](C)O)C(=O)NC[C@H](C)CCB(O)O. The third-order valence-electron chi connectivity index (χ3n) is 5.83. The highest BCUT2D eigenvalue weighted by molar-refractivity contribution is 6.40. The van der Waals surface area contributed by atoms with Crippen LogP contribution < -0.4 is 21.3 Å². The van der Waals surface area contributed by atoms with Crippen molar-refractivity contribution < 1.29 is 34.3 Å². The molecule has 0 bridgehead atoms. The third kappa shape index (κ3) is 15.9. The van der Waals surface area contributed by atoms with Crippen LogP contribution in [0.2, 0.25) is 6.32 Å². The zero-order valence-corrected chi connectivity index (χ0v) is 24.0. The summed E-state index contributed by atoms with van der Waals surface area (Å²) in [6.45, 7) is 10.7. The van der Waals surface area contributed by atoms with Crippen molar-refractivity contribution in [3.63, 3.8) is 0 Å². The van der Waals surface area contributed by atoms with Crippen LogP contribution in [0.25, 0.3) is 0 Å². The van der Waals surface area contributed by atoms with Gasteiger partial charge in [0.2, 0.25) is 17.7 Å². The number of carbonyl (C=O) groups is 4. The van der Waals surface area contributed by atoms with Gasteiger partial charge in [-0.2, -0.15) is 5.26 Å². The fourth-order valence-corrected chi connectivity index (χ4v) is 3.46. The molecule has 0 spiro atoms. The molecular weight excluding hydrogens is 505 g/mol. The molecule has 0 saturated heterocycles. The largest absolute Gasteiger partial charge is 0.451 e. The molecule has 0 heterocycles. The van der Waals surface area contributed by atoms with Gasteiger partial charge in [0.05, 0.1) is 6.10 Å². The van der Waals surface area contributed by atoms with Gasteiger partial charge in [-0.3, -0.25) is 19.2 Å². The number of aliphatic hydroxyl groups is 1. The van der Waals surface area contributed by atoms with Crippen LogP contribution in [0.1, 0.15) is 67.2 Å². The number of nitrogens with one attached hydrogen (secondary N) is 4. The Hall–Kier alpha value is -2.95. The number of amides is 4. The highest BCUT2D eigenvalue weighted by Gasteiger charge is 2.30. The van der Waals surface area contributed by atoms with Crippen LogP contribution in [0, 0.1) is 29.1 Å². The Morgan fingerprint density at radius 3 is 2.05 bits per heavy atom. The maximum Gasteiger partial charge on any atom is 0.451 e. The van der Waals surface area contributed by atoms with E-state index in [0.717, 1.165) is 0 Å². The second-order valence-corrected chi connectivity index (χ2v) is 10.5. The van der Waals surface area contributed by atoms with E-state index >= 15 is 0 Å². The summed E-state index contributed by atoms with van der Waals surface area (Å²) >= 11 is 0. The van der Waals surface area contributed by atoms with Crippen LogP contribution in [-0.4, -0.2) is 77.2 Å². The van der Waals surface area contributed by atoms with Gasteiger partial charge in [-0.05, 0) is 44.3 Å². The Bertz CT molecular complexity index is 871. The van der Waals surface area contributed by atoms with E-state index in [-0.39, 0.29) is 43.2 Å². The Morgan fingerprint density at radius 2 is 1.54 bits per heavy atom. The molecule has 0 aliphatic carbocycles. The zero-order valence-electron chi connectivity index (χ0n) is 24.0. The molecule has 0 aliphatic heterocycles. The van der Waals surface area contributed by atoms with Gasteiger partial charge in [0.15, 0.2) is 0 Å². The van der Waals surface area contributed by atoms with Crippen molar-refractivity contribution in [1.82, 2.24) is 21.3 Å². The quantitative estimate of drug-likeness (QED) is 0.0534. The first kappa shape index (κ1) is 36.1. The van der Waals surface area contributed by atoms with E-state index in [0.29, 0.717) is 19.3 Å². The van der Waals surface area contributed by atoms with E-state index in [2.05, 4.69) is 21.3 Å². The predicted molar refractivity (Wildman–Crippen MR) is 148 cm³/mol. The second kappa shape index (κ2) is 19.2. The van der Waals surface area contributed by atoms with Crippen LogP contribution in [0.4, 0.5) is 0 Å². The molecule has 220 valence electrons. The van der Waals surface area contributed by atoms with Gasteiger partial charge in [-0.25, -0.2) is 0 Å². The summed E-state index contributed by atoms with van der Waals surface area (Å²) < 4.78 is 0. The Balaban J connectivity index is 5.25. The molecule has 0 aromatic carbocycles. The Morgan fingerprint density at radius 1 is 0.897 bits per heavy atom. The molecule has 12 nitrogen and oxygen atoms in total. The average molecular weight is 551 g/mol. The summed E-state index contributed by atoms with van der Waals surface area (Å²) in [5.41, 5.74) is 0.0324. The fraction of sp³-hybridized carbons (Fsp3) is 0.731. The molecule has 4 amide bonds. The lowest BCUT2D eigenvalue weighted by molar-refractivity contribution is -0.135. The molecule has 7 N–H and O–H groups in total. The molecule has 0 saturated carbocycles. The van der Waals surface area contributed by atoms with Gasteiger partial charge < -0.3 is 36.4 Å². The van der Waals surface area contributed by atoms with Crippen LogP contribution in [0.5, 0.6) is 0 Å². The number of allylic oxidation sites excluding steroid dienone is 1. The highest BCUT2D eigenvalue weighted by atomic mass is 16.4. The number of nitrogens with zero attached hydrogens (tertiary/aromatic N) is 1. The lowest BCUT2D eigenvalue weighted by Crippen LogP contribution is -2.57. The topological polar surface area (TPSA) is 201 Å². The van der Waals surface area contributed by atoms with E-state index in [9.17, 15) is 24.3 Å². The molecule has 0 aliphatic rings. The van der Waals surface area contributed by atoms with Crippen molar-refractivity contribution in [2.24, 2.45) is 17.8 Å². The molecule has 0 radical (unpaired) electrons. The monoisotopic (exact) mass is 551 g/mol. The first-order chi connectivity index (χ1) is 18.2. The molecule has 0 unspecified atom stereocenters. The standard InChI is InChI=1S/C26H46BN5O7/c1-16(2)13-20(14-28)24(35)29-12-8-7-9-21(25(36)30-15-18(5)10-11-27(38)39)31-26(37)22(19(6)33)32-23(34)17(3)4/h13,16-19,21-22,33,38-39H,7-12,15H2,1-6H3,(H,29,35)(H,30,36)(H,31,37)(H,32,34)/t18-,19-,21+,22+/m1/s1. The molecule has 0 aromatic rings. The molecule has 0 rings (SSSR count). The first-order valence-electron chi connectivity index (χ1n) is 13.5. The minimum absolute atomic E-state index is 0.0324. The first-order valence-corrected chi connectivity index (χ1v) is 13.5. The van der Waals surface area contributed by atoms with Crippen LogP contribution in [0.15, 0.2) is 11.6 Å². The van der Waals surface area contributed by atoms with Crippen molar-refractivity contribution in [3.05, 3.63) is 11.6 Å². The van der Waals surface area contributed by atoms with E-state index < -0.39 is 54.9 Å². The molecule has 39 heavy (non-hydrogen) atoms. The number of hydrogen-bond donors (Lipinski definition) is 7. The molecule has 4 atom stereocenters.